The van der Waals surface area contributed by atoms with Crippen LogP contribution >= 0.6 is 46.9 Å². The number of nitrogens with two attached hydrogens (primary N) is 1. The Hall–Kier alpha value is -0.000000000000000222. The first-order chi connectivity index (χ1) is 8.49. The van der Waals surface area contributed by atoms with Crippen molar-refractivity contribution in [3.63, 3.8) is 0 Å². The van der Waals surface area contributed by atoms with Gasteiger partial charge >= 0.3 is 0 Å². The van der Waals surface area contributed by atoms with E-state index in [1.807, 2.05) is 13.0 Å². The molecule has 1 heterocycles. The SMILES string of the molecule is CC(N)CCNC(=O)CCCc1cc(Cl)sc1Cl.Cl. The van der Waals surface area contributed by atoms with Gasteiger partial charge in [-0.05, 0) is 37.8 Å². The van der Waals surface area contributed by atoms with Gasteiger partial charge in [0.1, 0.15) is 0 Å². The summed E-state index contributed by atoms with van der Waals surface area (Å²) in [5.41, 5.74) is 6.62. The molecule has 1 aromatic heterocycles. The van der Waals surface area contributed by atoms with Crippen LogP contribution in [0.2, 0.25) is 8.67 Å². The monoisotopic (exact) mass is 344 g/mol. The normalized spacial score (nSPS) is 11.8. The molecule has 3 nitrogen and oxygen atoms in total. The van der Waals surface area contributed by atoms with E-state index in [1.165, 1.54) is 11.3 Å². The zero-order valence-electron chi connectivity index (χ0n) is 10.7. The molecule has 0 aromatic carbocycles. The van der Waals surface area contributed by atoms with E-state index < -0.39 is 0 Å². The van der Waals surface area contributed by atoms with E-state index in [-0.39, 0.29) is 24.4 Å². The average Bonchev–Trinajstić information content (AvgIpc) is 2.57. The number of hydrogen-bond donors (Lipinski definition) is 2. The van der Waals surface area contributed by atoms with Crippen LogP contribution in [0, 0.1) is 0 Å². The maximum absolute atomic E-state index is 11.5. The lowest BCUT2D eigenvalue weighted by Gasteiger charge is -2.07. The van der Waals surface area contributed by atoms with E-state index in [0.717, 1.165) is 29.2 Å². The molecule has 3 N–H and O–H groups in total. The topological polar surface area (TPSA) is 55.1 Å². The summed E-state index contributed by atoms with van der Waals surface area (Å²) in [6.07, 6.45) is 2.86. The molecular weight excluding hydrogens is 327 g/mol. The van der Waals surface area contributed by atoms with Crippen LogP contribution in [0.1, 0.15) is 31.7 Å². The van der Waals surface area contributed by atoms with Gasteiger partial charge in [0.05, 0.1) is 8.67 Å². The fourth-order valence-corrected chi connectivity index (χ4v) is 3.06. The molecule has 0 aliphatic carbocycles. The minimum atomic E-state index is 0. The predicted molar refractivity (Wildman–Crippen MR) is 85.8 cm³/mol. The third kappa shape index (κ3) is 8.00. The summed E-state index contributed by atoms with van der Waals surface area (Å²) in [6, 6.07) is 1.99. The summed E-state index contributed by atoms with van der Waals surface area (Å²) in [5.74, 6) is 0.0631. The quantitative estimate of drug-likeness (QED) is 0.792. The van der Waals surface area contributed by atoms with Crippen LogP contribution in [-0.2, 0) is 11.2 Å². The lowest BCUT2D eigenvalue weighted by atomic mass is 10.1. The van der Waals surface area contributed by atoms with Crippen molar-refractivity contribution in [3.05, 3.63) is 20.3 Å². The second-order valence-electron chi connectivity index (χ2n) is 4.32. The van der Waals surface area contributed by atoms with Crippen molar-refractivity contribution in [1.82, 2.24) is 5.32 Å². The molecule has 0 aliphatic rings. The Morgan fingerprint density at radius 1 is 1.53 bits per heavy atom. The molecule has 0 spiro atoms. The van der Waals surface area contributed by atoms with E-state index in [1.54, 1.807) is 0 Å². The highest BCUT2D eigenvalue weighted by Crippen LogP contribution is 2.31. The van der Waals surface area contributed by atoms with Crippen LogP contribution in [-0.4, -0.2) is 18.5 Å². The molecule has 7 heteroatoms. The average molecular weight is 346 g/mol. The van der Waals surface area contributed by atoms with E-state index in [2.05, 4.69) is 5.32 Å². The molecule has 0 aliphatic heterocycles. The van der Waals surface area contributed by atoms with Gasteiger partial charge in [-0.25, -0.2) is 0 Å². The first-order valence-corrected chi connectivity index (χ1v) is 7.52. The highest BCUT2D eigenvalue weighted by Gasteiger charge is 2.07. The van der Waals surface area contributed by atoms with Crippen LogP contribution in [0.5, 0.6) is 0 Å². The fourth-order valence-electron chi connectivity index (χ4n) is 1.51. The number of halogens is 3. The molecule has 110 valence electrons. The van der Waals surface area contributed by atoms with Gasteiger partial charge in [-0.1, -0.05) is 23.2 Å². The molecule has 1 amide bonds. The summed E-state index contributed by atoms with van der Waals surface area (Å²) in [5, 5.41) is 2.84. The second kappa shape index (κ2) is 9.83. The van der Waals surface area contributed by atoms with Crippen LogP contribution in [0.4, 0.5) is 0 Å². The van der Waals surface area contributed by atoms with Crippen molar-refractivity contribution in [2.75, 3.05) is 6.54 Å². The standard InChI is InChI=1S/C12H18Cl2N2OS.ClH/c1-8(15)5-6-16-11(17)4-2-3-9-7-10(13)18-12(9)14;/h7-8H,2-6,15H2,1H3,(H,16,17);1H. The van der Waals surface area contributed by atoms with Crippen molar-refractivity contribution in [1.29, 1.82) is 0 Å². The number of carbonyl (C=O) groups is 1. The molecule has 1 rings (SSSR count). The molecule has 1 aromatic rings. The molecule has 19 heavy (non-hydrogen) atoms. The summed E-state index contributed by atoms with van der Waals surface area (Å²) >= 11 is 13.2. The second-order valence-corrected chi connectivity index (χ2v) is 6.60. The van der Waals surface area contributed by atoms with Crippen molar-refractivity contribution in [3.8, 4) is 0 Å². The minimum Gasteiger partial charge on any atom is -0.356 e. The number of thiophene rings is 1. The molecule has 1 atom stereocenters. The highest BCUT2D eigenvalue weighted by atomic mass is 35.5. The Kier molecular flexibility index (Phi) is 9.83. The van der Waals surface area contributed by atoms with Crippen LogP contribution in [0.25, 0.3) is 0 Å². The Labute approximate surface area is 134 Å². The first-order valence-electron chi connectivity index (χ1n) is 5.95. The summed E-state index contributed by atoms with van der Waals surface area (Å²) < 4.78 is 1.41. The molecule has 0 radical (unpaired) electrons. The maximum Gasteiger partial charge on any atom is 0.220 e. The minimum absolute atomic E-state index is 0. The molecule has 0 bridgehead atoms. The summed E-state index contributed by atoms with van der Waals surface area (Å²) in [7, 11) is 0. The first kappa shape index (κ1) is 19.0. The number of carbonyl (C=O) groups excluding carboxylic acids is 1. The summed E-state index contributed by atoms with van der Waals surface area (Å²) in [6.45, 7) is 2.57. The van der Waals surface area contributed by atoms with E-state index >= 15 is 0 Å². The lowest BCUT2D eigenvalue weighted by Crippen LogP contribution is -2.28. The molecule has 1 unspecified atom stereocenters. The maximum atomic E-state index is 11.5. The van der Waals surface area contributed by atoms with Gasteiger partial charge in [0.25, 0.3) is 0 Å². The molecule has 0 fully saturated rings. The number of amides is 1. The Morgan fingerprint density at radius 3 is 2.74 bits per heavy atom. The van der Waals surface area contributed by atoms with Crippen molar-refractivity contribution >= 4 is 52.9 Å². The van der Waals surface area contributed by atoms with Gasteiger partial charge in [0.15, 0.2) is 0 Å². The Balaban J connectivity index is 0.00000324. The molecule has 0 saturated carbocycles. The highest BCUT2D eigenvalue weighted by molar-refractivity contribution is 7.20. The molecule has 0 saturated heterocycles. The number of rotatable bonds is 7. The predicted octanol–water partition coefficient (Wildman–Crippen LogP) is 3.65. The lowest BCUT2D eigenvalue weighted by molar-refractivity contribution is -0.121. The third-order valence-corrected chi connectivity index (χ3v) is 4.07. The van der Waals surface area contributed by atoms with Gasteiger partial charge in [-0.2, -0.15) is 0 Å². The number of aryl methyl sites for hydroxylation is 1. The number of hydrogen-bond acceptors (Lipinski definition) is 3. The van der Waals surface area contributed by atoms with Crippen molar-refractivity contribution in [2.24, 2.45) is 5.73 Å². The molecular formula is C12H19Cl3N2OS. The largest absolute Gasteiger partial charge is 0.356 e. The van der Waals surface area contributed by atoms with E-state index in [4.69, 9.17) is 28.9 Å². The zero-order valence-corrected chi connectivity index (χ0v) is 13.9. The van der Waals surface area contributed by atoms with E-state index in [9.17, 15) is 4.79 Å². The van der Waals surface area contributed by atoms with Crippen LogP contribution in [0.3, 0.4) is 0 Å². The van der Waals surface area contributed by atoms with Crippen LogP contribution in [0.15, 0.2) is 6.07 Å². The fraction of sp³-hybridized carbons (Fsp3) is 0.583. The third-order valence-electron chi connectivity index (χ3n) is 2.50. The van der Waals surface area contributed by atoms with Gasteiger partial charge in [0.2, 0.25) is 5.91 Å². The Bertz CT molecular complexity index is 396. The Morgan fingerprint density at radius 2 is 2.21 bits per heavy atom. The van der Waals surface area contributed by atoms with Gasteiger partial charge in [-0.15, -0.1) is 23.7 Å². The van der Waals surface area contributed by atoms with Gasteiger partial charge < -0.3 is 11.1 Å². The van der Waals surface area contributed by atoms with Gasteiger partial charge in [0, 0.05) is 19.0 Å². The smallest absolute Gasteiger partial charge is 0.220 e. The summed E-state index contributed by atoms with van der Waals surface area (Å²) in [4.78, 5) is 11.5. The van der Waals surface area contributed by atoms with Crippen LogP contribution < -0.4 is 11.1 Å². The van der Waals surface area contributed by atoms with Crippen molar-refractivity contribution < 1.29 is 4.79 Å². The van der Waals surface area contributed by atoms with E-state index in [0.29, 0.717) is 17.3 Å². The van der Waals surface area contributed by atoms with Gasteiger partial charge in [-0.3, -0.25) is 4.79 Å². The number of nitrogens with one attached hydrogen (secondary N) is 1. The zero-order chi connectivity index (χ0) is 13.5. The van der Waals surface area contributed by atoms with Crippen molar-refractivity contribution in [2.45, 2.75) is 38.6 Å².